The summed E-state index contributed by atoms with van der Waals surface area (Å²) in [6.45, 7) is 1.92. The predicted octanol–water partition coefficient (Wildman–Crippen LogP) is 2.64. The number of amides is 1. The molecule has 0 unspecified atom stereocenters. The number of methoxy groups -OCH3 is 1. The minimum atomic E-state index is -0.162. The molecule has 112 valence electrons. The summed E-state index contributed by atoms with van der Waals surface area (Å²) in [6.07, 6.45) is 0. The van der Waals surface area contributed by atoms with Crippen LogP contribution in [0.5, 0.6) is 5.75 Å². The maximum absolute atomic E-state index is 12.3. The molecule has 0 N–H and O–H groups in total. The molecule has 0 bridgehead atoms. The molecule has 0 spiro atoms. The SMILES string of the molecule is COc1ccc(-c2cc(C(=O)N(C)OC)c(C)n2C)cc1. The number of rotatable bonds is 4. The summed E-state index contributed by atoms with van der Waals surface area (Å²) in [7, 11) is 6.65. The first-order chi connectivity index (χ1) is 9.99. The van der Waals surface area contributed by atoms with E-state index in [1.807, 2.05) is 48.9 Å². The minimum Gasteiger partial charge on any atom is -0.497 e. The van der Waals surface area contributed by atoms with Gasteiger partial charge in [0.2, 0.25) is 0 Å². The van der Waals surface area contributed by atoms with Gasteiger partial charge in [0.15, 0.2) is 0 Å². The Bertz CT molecular complexity index is 644. The summed E-state index contributed by atoms with van der Waals surface area (Å²) in [5.74, 6) is 0.644. The molecule has 5 nitrogen and oxygen atoms in total. The maximum atomic E-state index is 12.3. The van der Waals surface area contributed by atoms with Gasteiger partial charge in [0.05, 0.1) is 19.8 Å². The van der Waals surface area contributed by atoms with Crippen molar-refractivity contribution in [3.63, 3.8) is 0 Å². The molecule has 0 fully saturated rings. The topological polar surface area (TPSA) is 43.7 Å². The van der Waals surface area contributed by atoms with Crippen LogP contribution in [0.1, 0.15) is 16.1 Å². The minimum absolute atomic E-state index is 0.162. The number of hydrogen-bond acceptors (Lipinski definition) is 3. The third-order valence-corrected chi connectivity index (χ3v) is 3.71. The molecule has 1 aromatic heterocycles. The lowest BCUT2D eigenvalue weighted by molar-refractivity contribution is -0.0757. The van der Waals surface area contributed by atoms with Gasteiger partial charge in [0.1, 0.15) is 5.75 Å². The number of hydroxylamine groups is 2. The van der Waals surface area contributed by atoms with Crippen molar-refractivity contribution >= 4 is 5.91 Å². The molecule has 0 atom stereocenters. The van der Waals surface area contributed by atoms with Crippen molar-refractivity contribution in [2.75, 3.05) is 21.3 Å². The van der Waals surface area contributed by atoms with E-state index in [9.17, 15) is 4.79 Å². The number of hydrogen-bond donors (Lipinski definition) is 0. The molecular weight excluding hydrogens is 268 g/mol. The fourth-order valence-electron chi connectivity index (χ4n) is 2.21. The molecule has 0 aliphatic rings. The summed E-state index contributed by atoms with van der Waals surface area (Å²) >= 11 is 0. The molecule has 2 rings (SSSR count). The van der Waals surface area contributed by atoms with Gasteiger partial charge in [-0.05, 0) is 42.8 Å². The lowest BCUT2D eigenvalue weighted by atomic mass is 10.1. The Balaban J connectivity index is 2.43. The maximum Gasteiger partial charge on any atom is 0.278 e. The largest absolute Gasteiger partial charge is 0.497 e. The Labute approximate surface area is 124 Å². The Kier molecular flexibility index (Phi) is 4.33. The number of aromatic nitrogens is 1. The van der Waals surface area contributed by atoms with Gasteiger partial charge in [-0.1, -0.05) is 0 Å². The molecule has 0 saturated heterocycles. The Morgan fingerprint density at radius 1 is 1.19 bits per heavy atom. The molecule has 2 aromatic rings. The van der Waals surface area contributed by atoms with Crippen LogP contribution < -0.4 is 4.74 Å². The predicted molar refractivity (Wildman–Crippen MR) is 81.2 cm³/mol. The molecule has 0 aliphatic carbocycles. The first-order valence-electron chi connectivity index (χ1n) is 6.62. The molecule has 0 saturated carbocycles. The normalized spacial score (nSPS) is 10.5. The van der Waals surface area contributed by atoms with Crippen LogP contribution in [0.15, 0.2) is 30.3 Å². The molecule has 1 amide bonds. The summed E-state index contributed by atoms with van der Waals surface area (Å²) in [4.78, 5) is 17.2. The van der Waals surface area contributed by atoms with Crippen molar-refractivity contribution in [1.82, 2.24) is 9.63 Å². The highest BCUT2D eigenvalue weighted by Crippen LogP contribution is 2.27. The van der Waals surface area contributed by atoms with Gasteiger partial charge in [-0.3, -0.25) is 9.63 Å². The number of ether oxygens (including phenoxy) is 1. The highest BCUT2D eigenvalue weighted by Gasteiger charge is 2.19. The second-order valence-corrected chi connectivity index (χ2v) is 4.80. The summed E-state index contributed by atoms with van der Waals surface area (Å²) in [5, 5.41) is 1.22. The summed E-state index contributed by atoms with van der Waals surface area (Å²) in [6, 6.07) is 9.64. The lowest BCUT2D eigenvalue weighted by Gasteiger charge is -2.13. The second-order valence-electron chi connectivity index (χ2n) is 4.80. The van der Waals surface area contributed by atoms with Gasteiger partial charge >= 0.3 is 0 Å². The molecule has 21 heavy (non-hydrogen) atoms. The highest BCUT2D eigenvalue weighted by molar-refractivity contribution is 5.96. The third-order valence-electron chi connectivity index (χ3n) is 3.71. The van der Waals surface area contributed by atoms with E-state index in [1.54, 1.807) is 14.2 Å². The van der Waals surface area contributed by atoms with Crippen molar-refractivity contribution in [2.24, 2.45) is 7.05 Å². The van der Waals surface area contributed by atoms with Crippen molar-refractivity contribution in [2.45, 2.75) is 6.92 Å². The van der Waals surface area contributed by atoms with Gasteiger partial charge in [-0.25, -0.2) is 5.06 Å². The van der Waals surface area contributed by atoms with E-state index in [-0.39, 0.29) is 5.91 Å². The van der Waals surface area contributed by atoms with Gasteiger partial charge in [0, 0.05) is 25.5 Å². The molecular formula is C16H20N2O3. The van der Waals surface area contributed by atoms with Crippen molar-refractivity contribution in [3.05, 3.63) is 41.6 Å². The number of benzene rings is 1. The average molecular weight is 288 g/mol. The smallest absolute Gasteiger partial charge is 0.278 e. The van der Waals surface area contributed by atoms with Crippen LogP contribution in [0, 0.1) is 6.92 Å². The fraction of sp³-hybridized carbons (Fsp3) is 0.312. The quantitative estimate of drug-likeness (QED) is 0.812. The van der Waals surface area contributed by atoms with Crippen LogP contribution in [-0.4, -0.2) is 36.8 Å². The van der Waals surface area contributed by atoms with Gasteiger partial charge in [0.25, 0.3) is 5.91 Å². The molecule has 1 aromatic carbocycles. The van der Waals surface area contributed by atoms with E-state index in [1.165, 1.54) is 12.2 Å². The number of carbonyl (C=O) groups excluding carboxylic acids is 1. The highest BCUT2D eigenvalue weighted by atomic mass is 16.7. The van der Waals surface area contributed by atoms with Crippen molar-refractivity contribution < 1.29 is 14.4 Å². The third kappa shape index (κ3) is 2.78. The van der Waals surface area contributed by atoms with E-state index < -0.39 is 0 Å². The van der Waals surface area contributed by atoms with Crippen LogP contribution in [0.4, 0.5) is 0 Å². The number of carbonyl (C=O) groups is 1. The summed E-state index contributed by atoms with van der Waals surface area (Å²) in [5.41, 5.74) is 3.53. The summed E-state index contributed by atoms with van der Waals surface area (Å²) < 4.78 is 7.16. The first kappa shape index (κ1) is 15.1. The van der Waals surface area contributed by atoms with Crippen LogP contribution in [0.2, 0.25) is 0 Å². The van der Waals surface area contributed by atoms with Crippen molar-refractivity contribution in [3.8, 4) is 17.0 Å². The Morgan fingerprint density at radius 2 is 1.81 bits per heavy atom. The van der Waals surface area contributed by atoms with E-state index in [4.69, 9.17) is 9.57 Å². The first-order valence-corrected chi connectivity index (χ1v) is 6.62. The number of nitrogens with zero attached hydrogens (tertiary/aromatic N) is 2. The lowest BCUT2D eigenvalue weighted by Crippen LogP contribution is -2.25. The van der Waals surface area contributed by atoms with E-state index >= 15 is 0 Å². The fourth-order valence-corrected chi connectivity index (χ4v) is 2.21. The van der Waals surface area contributed by atoms with E-state index in [2.05, 4.69) is 0 Å². The molecule has 0 radical (unpaired) electrons. The molecule has 1 heterocycles. The monoisotopic (exact) mass is 288 g/mol. The van der Waals surface area contributed by atoms with Crippen LogP contribution in [0.25, 0.3) is 11.3 Å². The van der Waals surface area contributed by atoms with Crippen molar-refractivity contribution in [1.29, 1.82) is 0 Å². The van der Waals surface area contributed by atoms with Crippen LogP contribution >= 0.6 is 0 Å². The zero-order valence-corrected chi connectivity index (χ0v) is 13.0. The van der Waals surface area contributed by atoms with Gasteiger partial charge in [-0.15, -0.1) is 0 Å². The standard InChI is InChI=1S/C16H20N2O3/c1-11-14(16(19)18(3)21-5)10-15(17(11)2)12-6-8-13(20-4)9-7-12/h6-10H,1-5H3. The van der Waals surface area contributed by atoms with Crippen LogP contribution in [0.3, 0.4) is 0 Å². The van der Waals surface area contributed by atoms with E-state index in [0.717, 1.165) is 22.7 Å². The second kappa shape index (κ2) is 6.01. The van der Waals surface area contributed by atoms with Crippen LogP contribution in [-0.2, 0) is 11.9 Å². The zero-order chi connectivity index (χ0) is 15.6. The molecule has 0 aliphatic heterocycles. The Morgan fingerprint density at radius 3 is 2.33 bits per heavy atom. The average Bonchev–Trinajstić information content (AvgIpc) is 2.82. The van der Waals surface area contributed by atoms with Gasteiger partial charge in [-0.2, -0.15) is 0 Å². The molecule has 5 heteroatoms. The zero-order valence-electron chi connectivity index (χ0n) is 13.0. The van der Waals surface area contributed by atoms with Gasteiger partial charge < -0.3 is 9.30 Å². The van der Waals surface area contributed by atoms with E-state index in [0.29, 0.717) is 5.56 Å². The Hall–Kier alpha value is -2.27.